The lowest BCUT2D eigenvalue weighted by molar-refractivity contribution is -0.188. The lowest BCUT2D eigenvalue weighted by Gasteiger charge is -2.66. The average Bonchev–Trinajstić information content (AvgIpc) is 2.80. The number of nitrogens with one attached hydrogen (secondary N) is 2. The summed E-state index contributed by atoms with van der Waals surface area (Å²) in [6.07, 6.45) is 2.08. The summed E-state index contributed by atoms with van der Waals surface area (Å²) in [5.74, 6) is -2.43. The molecule has 114 valence electrons. The fourth-order valence-corrected chi connectivity index (χ4v) is 6.26. The molecule has 2 saturated carbocycles. The highest BCUT2D eigenvalue weighted by Crippen LogP contribution is 2.72. The monoisotopic (exact) mass is 300 g/mol. The van der Waals surface area contributed by atoms with E-state index < -0.39 is 11.3 Å². The van der Waals surface area contributed by atoms with Gasteiger partial charge in [-0.05, 0) is 24.7 Å². The number of carbonyl (C=O) groups is 4. The van der Waals surface area contributed by atoms with Crippen LogP contribution in [0, 0.1) is 46.8 Å². The molecule has 0 aromatic rings. The highest BCUT2D eigenvalue weighted by molar-refractivity contribution is 6.09. The van der Waals surface area contributed by atoms with Crippen molar-refractivity contribution in [1.82, 2.24) is 10.6 Å². The zero-order valence-electron chi connectivity index (χ0n) is 12.3. The maximum Gasteiger partial charge on any atom is 0.231 e. The molecule has 4 aliphatic carbocycles. The first kappa shape index (κ1) is 12.6. The van der Waals surface area contributed by atoms with Crippen LogP contribution in [0.2, 0.25) is 0 Å². The van der Waals surface area contributed by atoms with E-state index in [0.717, 1.165) is 5.57 Å². The molecule has 4 fully saturated rings. The fraction of sp³-hybridized carbons (Fsp3) is 0.625. The van der Waals surface area contributed by atoms with Crippen LogP contribution in [0.15, 0.2) is 11.6 Å². The number of hydrogen-bond donors (Lipinski definition) is 2. The van der Waals surface area contributed by atoms with Crippen molar-refractivity contribution in [3.8, 4) is 0 Å². The van der Waals surface area contributed by atoms with Crippen molar-refractivity contribution in [3.05, 3.63) is 11.6 Å². The third kappa shape index (κ3) is 1.01. The van der Waals surface area contributed by atoms with E-state index in [-0.39, 0.29) is 59.1 Å². The molecule has 0 unspecified atom stereocenters. The molecular weight excluding hydrogens is 284 g/mol. The average molecular weight is 300 g/mol. The number of amides is 4. The van der Waals surface area contributed by atoms with Crippen LogP contribution in [0.25, 0.3) is 0 Å². The Kier molecular flexibility index (Phi) is 1.90. The predicted molar refractivity (Wildman–Crippen MR) is 72.6 cm³/mol. The third-order valence-electron chi connectivity index (χ3n) is 7.14. The Bertz CT molecular complexity index is 726. The van der Waals surface area contributed by atoms with Crippen molar-refractivity contribution in [3.63, 3.8) is 0 Å². The van der Waals surface area contributed by atoms with E-state index >= 15 is 0 Å². The van der Waals surface area contributed by atoms with Crippen molar-refractivity contribution in [2.24, 2.45) is 46.8 Å². The summed E-state index contributed by atoms with van der Waals surface area (Å²) in [6.45, 7) is 3.98. The van der Waals surface area contributed by atoms with Crippen molar-refractivity contribution >= 4 is 23.6 Å². The second-order valence-electron chi connectivity index (χ2n) is 7.57. The molecule has 2 bridgehead atoms. The Balaban J connectivity index is 1.72. The second kappa shape index (κ2) is 3.34. The first-order valence-corrected chi connectivity index (χ1v) is 7.75. The van der Waals surface area contributed by atoms with E-state index in [1.165, 1.54) is 0 Å². The van der Waals surface area contributed by atoms with E-state index in [1.54, 1.807) is 0 Å². The van der Waals surface area contributed by atoms with Gasteiger partial charge in [0.1, 0.15) is 0 Å². The standard InChI is InChI=1S/C16H16N2O4/c1-4-3-5-6-8-9(14(21)17-13(8)20)10(6)16(4,2)11-7(5)12(19)18-15(11)22/h3,5-11H,1-2H3,(H,17,20,21)(H,18,19,22)/t5-,6-,7-,8-,9+,10-,11-,16-/m1/s1. The molecule has 0 aromatic carbocycles. The minimum atomic E-state index is -0.510. The van der Waals surface area contributed by atoms with Crippen LogP contribution in [0.5, 0.6) is 0 Å². The van der Waals surface area contributed by atoms with E-state index in [9.17, 15) is 19.2 Å². The van der Waals surface area contributed by atoms with E-state index in [0.29, 0.717) is 0 Å². The molecule has 0 radical (unpaired) electrons. The summed E-state index contributed by atoms with van der Waals surface area (Å²) in [4.78, 5) is 48.8. The Morgan fingerprint density at radius 1 is 0.909 bits per heavy atom. The molecule has 2 saturated heterocycles. The summed E-state index contributed by atoms with van der Waals surface area (Å²) in [7, 11) is 0. The predicted octanol–water partition coefficient (Wildman–Crippen LogP) is -0.394. The normalized spacial score (nSPS) is 54.1. The van der Waals surface area contributed by atoms with Gasteiger partial charge in [-0.25, -0.2) is 0 Å². The van der Waals surface area contributed by atoms with Crippen LogP contribution in [-0.2, 0) is 19.2 Å². The molecule has 2 N–H and O–H groups in total. The number of fused-ring (bicyclic) bond motifs is 1. The van der Waals surface area contributed by atoms with Gasteiger partial charge in [0.25, 0.3) is 0 Å². The molecule has 0 aromatic heterocycles. The molecule has 0 spiro atoms. The molecule has 6 nitrogen and oxygen atoms in total. The van der Waals surface area contributed by atoms with Crippen LogP contribution in [0.4, 0.5) is 0 Å². The number of rotatable bonds is 0. The first-order valence-electron chi connectivity index (χ1n) is 7.75. The third-order valence-corrected chi connectivity index (χ3v) is 7.14. The van der Waals surface area contributed by atoms with Crippen molar-refractivity contribution < 1.29 is 19.2 Å². The molecule has 22 heavy (non-hydrogen) atoms. The van der Waals surface area contributed by atoms with Gasteiger partial charge < -0.3 is 0 Å². The molecule has 8 atom stereocenters. The zero-order chi connectivity index (χ0) is 15.5. The minimum absolute atomic E-state index is 0.00282. The van der Waals surface area contributed by atoms with Gasteiger partial charge in [-0.15, -0.1) is 0 Å². The molecule has 4 amide bonds. The fourth-order valence-electron chi connectivity index (χ4n) is 6.26. The second-order valence-corrected chi connectivity index (χ2v) is 7.57. The van der Waals surface area contributed by atoms with E-state index in [1.807, 2.05) is 13.8 Å². The number of hydrogen-bond acceptors (Lipinski definition) is 4. The van der Waals surface area contributed by atoms with Gasteiger partial charge in [0.05, 0.1) is 23.7 Å². The quantitative estimate of drug-likeness (QED) is 0.470. The Hall–Kier alpha value is -1.98. The number of allylic oxidation sites excluding steroid dienone is 2. The molecule has 6 rings (SSSR count). The highest BCUT2D eigenvalue weighted by Gasteiger charge is 2.77. The minimum Gasteiger partial charge on any atom is -0.296 e. The molecule has 2 aliphatic heterocycles. The van der Waals surface area contributed by atoms with Gasteiger partial charge in [-0.3, -0.25) is 29.8 Å². The lowest BCUT2D eigenvalue weighted by atomic mass is 9.34. The Morgan fingerprint density at radius 3 is 2.23 bits per heavy atom. The Labute approximate surface area is 126 Å². The van der Waals surface area contributed by atoms with Gasteiger partial charge in [0.2, 0.25) is 23.6 Å². The Morgan fingerprint density at radius 2 is 1.50 bits per heavy atom. The van der Waals surface area contributed by atoms with Crippen molar-refractivity contribution in [1.29, 1.82) is 0 Å². The van der Waals surface area contributed by atoms with Crippen molar-refractivity contribution in [2.45, 2.75) is 13.8 Å². The summed E-state index contributed by atoms with van der Waals surface area (Å²) < 4.78 is 0. The van der Waals surface area contributed by atoms with Crippen LogP contribution in [0.1, 0.15) is 13.8 Å². The van der Waals surface area contributed by atoms with E-state index in [4.69, 9.17) is 0 Å². The SMILES string of the molecule is CC1=C[C@H]2[C@H]3C(=O)NC(=O)[C@@H]3[C@@]1(C)[C@H]1[C@H]3C(=O)NC(=O)[C@@H]3[C@@H]21. The molecular formula is C16H16N2O4. The van der Waals surface area contributed by atoms with Crippen LogP contribution < -0.4 is 10.6 Å². The maximum absolute atomic E-state index is 12.3. The van der Waals surface area contributed by atoms with Gasteiger partial charge >= 0.3 is 0 Å². The highest BCUT2D eigenvalue weighted by atomic mass is 16.2. The summed E-state index contributed by atoms with van der Waals surface area (Å²) in [5.41, 5.74) is 0.569. The first-order chi connectivity index (χ1) is 10.4. The van der Waals surface area contributed by atoms with Gasteiger partial charge in [0.15, 0.2) is 0 Å². The van der Waals surface area contributed by atoms with Gasteiger partial charge in [-0.2, -0.15) is 0 Å². The van der Waals surface area contributed by atoms with Crippen molar-refractivity contribution in [2.75, 3.05) is 0 Å². The molecule has 6 aliphatic rings. The van der Waals surface area contributed by atoms with Crippen LogP contribution >= 0.6 is 0 Å². The largest absolute Gasteiger partial charge is 0.296 e. The molecule has 6 heteroatoms. The molecule has 2 heterocycles. The number of imide groups is 2. The topological polar surface area (TPSA) is 92.3 Å². The van der Waals surface area contributed by atoms with Crippen LogP contribution in [0.3, 0.4) is 0 Å². The summed E-state index contributed by atoms with van der Waals surface area (Å²) in [6, 6.07) is 0. The van der Waals surface area contributed by atoms with Gasteiger partial charge in [0, 0.05) is 5.41 Å². The number of carbonyl (C=O) groups excluding carboxylic acids is 4. The van der Waals surface area contributed by atoms with Crippen LogP contribution in [-0.4, -0.2) is 23.6 Å². The van der Waals surface area contributed by atoms with Gasteiger partial charge in [-0.1, -0.05) is 18.6 Å². The zero-order valence-corrected chi connectivity index (χ0v) is 12.3. The smallest absolute Gasteiger partial charge is 0.231 e. The summed E-state index contributed by atoms with van der Waals surface area (Å²) in [5, 5.41) is 4.90. The summed E-state index contributed by atoms with van der Waals surface area (Å²) >= 11 is 0. The van der Waals surface area contributed by atoms with E-state index in [2.05, 4.69) is 16.7 Å². The lowest BCUT2D eigenvalue weighted by Crippen LogP contribution is -2.68. The maximum atomic E-state index is 12.3.